The summed E-state index contributed by atoms with van der Waals surface area (Å²) in [6, 6.07) is 26.9. The van der Waals surface area contributed by atoms with Gasteiger partial charge in [0.15, 0.2) is 0 Å². The van der Waals surface area contributed by atoms with E-state index in [2.05, 4.69) is 68.7 Å². The molecule has 0 atom stereocenters. The molecule has 188 valence electrons. The van der Waals surface area contributed by atoms with Crippen molar-refractivity contribution in [2.24, 2.45) is 0 Å². The first kappa shape index (κ1) is 24.4. The van der Waals surface area contributed by atoms with E-state index in [0.717, 1.165) is 29.9 Å². The Bertz CT molecular complexity index is 1330. The number of anilines is 3. The Morgan fingerprint density at radius 3 is 2.03 bits per heavy atom. The van der Waals surface area contributed by atoms with E-state index in [1.54, 1.807) is 0 Å². The minimum Gasteiger partial charge on any atom is -0.348 e. The lowest BCUT2D eigenvalue weighted by Gasteiger charge is -2.40. The summed E-state index contributed by atoms with van der Waals surface area (Å²) in [5, 5.41) is 15.3. The predicted octanol–water partition coefficient (Wildman–Crippen LogP) is 5.66. The second kappa shape index (κ2) is 10.8. The van der Waals surface area contributed by atoms with Gasteiger partial charge >= 0.3 is 5.69 Å². The number of nitro groups is 1. The fourth-order valence-corrected chi connectivity index (χ4v) is 4.89. The van der Waals surface area contributed by atoms with Crippen molar-refractivity contribution in [3.05, 3.63) is 118 Å². The van der Waals surface area contributed by atoms with Crippen molar-refractivity contribution in [1.29, 1.82) is 0 Å². The first-order valence-electron chi connectivity index (χ1n) is 12.4. The molecule has 1 saturated heterocycles. The number of aromatic nitrogens is 2. The Balaban J connectivity index is 1.39. The van der Waals surface area contributed by atoms with Gasteiger partial charge in [-0.3, -0.25) is 15.0 Å². The Hall–Kier alpha value is -4.30. The number of rotatable bonds is 7. The minimum absolute atomic E-state index is 0.100. The fraction of sp³-hybridized carbons (Fsp3) is 0.241. The fourth-order valence-electron chi connectivity index (χ4n) is 4.89. The number of nitrogens with zero attached hydrogens (tertiary/aromatic N) is 5. The maximum atomic E-state index is 12.2. The van der Waals surface area contributed by atoms with Crippen LogP contribution in [0.3, 0.4) is 0 Å². The van der Waals surface area contributed by atoms with Gasteiger partial charge in [0.05, 0.1) is 11.0 Å². The van der Waals surface area contributed by atoms with E-state index in [9.17, 15) is 10.1 Å². The molecule has 5 rings (SSSR count). The molecule has 2 heterocycles. The molecule has 1 N–H and O–H groups in total. The molecule has 1 fully saturated rings. The monoisotopic (exact) mass is 494 g/mol. The van der Waals surface area contributed by atoms with Crippen molar-refractivity contribution in [1.82, 2.24) is 14.9 Å². The van der Waals surface area contributed by atoms with Crippen LogP contribution in [0.1, 0.15) is 28.3 Å². The van der Waals surface area contributed by atoms with E-state index >= 15 is 0 Å². The van der Waals surface area contributed by atoms with Crippen molar-refractivity contribution >= 4 is 23.0 Å². The Morgan fingerprint density at radius 2 is 1.46 bits per heavy atom. The van der Waals surface area contributed by atoms with E-state index in [-0.39, 0.29) is 22.5 Å². The van der Waals surface area contributed by atoms with Gasteiger partial charge in [0.2, 0.25) is 11.6 Å². The molecule has 8 heteroatoms. The number of piperazine rings is 1. The zero-order valence-electron chi connectivity index (χ0n) is 21.0. The molecule has 0 radical (unpaired) electrons. The lowest BCUT2D eigenvalue weighted by molar-refractivity contribution is -0.383. The van der Waals surface area contributed by atoms with Crippen LogP contribution in [-0.2, 0) is 0 Å². The summed E-state index contributed by atoms with van der Waals surface area (Å²) < 4.78 is 0. The highest BCUT2D eigenvalue weighted by molar-refractivity contribution is 5.74. The van der Waals surface area contributed by atoms with Crippen LogP contribution in [0.15, 0.2) is 85.2 Å². The van der Waals surface area contributed by atoms with Gasteiger partial charge in [-0.2, -0.15) is 0 Å². The smallest absolute Gasteiger partial charge is 0.348 e. The van der Waals surface area contributed by atoms with E-state index < -0.39 is 0 Å². The van der Waals surface area contributed by atoms with E-state index in [1.165, 1.54) is 17.5 Å². The molecule has 0 unspecified atom stereocenters. The highest BCUT2D eigenvalue weighted by Gasteiger charge is 2.32. The molecular formula is C29H30N6O2. The maximum Gasteiger partial charge on any atom is 0.353 e. The van der Waals surface area contributed by atoms with Gasteiger partial charge in [-0.1, -0.05) is 66.7 Å². The highest BCUT2D eigenvalue weighted by atomic mass is 16.6. The normalized spacial score (nSPS) is 14.1. The number of nitrogens with one attached hydrogen (secondary N) is 1. The Kier molecular flexibility index (Phi) is 7.09. The van der Waals surface area contributed by atoms with Crippen LogP contribution in [0, 0.1) is 24.0 Å². The lowest BCUT2D eigenvalue weighted by atomic mass is 9.96. The number of aryl methyl sites for hydroxylation is 2. The topological polar surface area (TPSA) is 87.4 Å². The summed E-state index contributed by atoms with van der Waals surface area (Å²) in [5.74, 6) is 0.550. The highest BCUT2D eigenvalue weighted by Crippen LogP contribution is 2.36. The van der Waals surface area contributed by atoms with Crippen LogP contribution < -0.4 is 10.2 Å². The molecule has 37 heavy (non-hydrogen) atoms. The second-order valence-electron chi connectivity index (χ2n) is 9.32. The molecule has 0 spiro atoms. The first-order valence-corrected chi connectivity index (χ1v) is 12.4. The van der Waals surface area contributed by atoms with Gasteiger partial charge in [0, 0.05) is 31.9 Å². The van der Waals surface area contributed by atoms with Crippen LogP contribution in [0.5, 0.6) is 0 Å². The average molecular weight is 495 g/mol. The van der Waals surface area contributed by atoms with Crippen molar-refractivity contribution in [3.8, 4) is 0 Å². The van der Waals surface area contributed by atoms with Crippen molar-refractivity contribution in [2.45, 2.75) is 19.9 Å². The molecular weight excluding hydrogens is 464 g/mol. The molecule has 8 nitrogen and oxygen atoms in total. The average Bonchev–Trinajstić information content (AvgIpc) is 2.92. The van der Waals surface area contributed by atoms with Gasteiger partial charge < -0.3 is 10.2 Å². The van der Waals surface area contributed by atoms with Crippen LogP contribution in [0.25, 0.3) is 0 Å². The SMILES string of the molecule is Cc1ccc(Nc2ncnc(N3CCN(C(c4ccccc4)c4ccccc4)CC3)c2[N+](=O)[O-])cc1C. The van der Waals surface area contributed by atoms with E-state index in [4.69, 9.17) is 0 Å². The molecule has 4 aromatic rings. The summed E-state index contributed by atoms with van der Waals surface area (Å²) in [6.45, 7) is 6.78. The summed E-state index contributed by atoms with van der Waals surface area (Å²) in [4.78, 5) is 24.8. The van der Waals surface area contributed by atoms with Crippen LogP contribution >= 0.6 is 0 Å². The van der Waals surface area contributed by atoms with E-state index in [0.29, 0.717) is 18.9 Å². The van der Waals surface area contributed by atoms with Gasteiger partial charge in [-0.25, -0.2) is 9.97 Å². The molecule has 0 bridgehead atoms. The summed E-state index contributed by atoms with van der Waals surface area (Å²) >= 11 is 0. The van der Waals surface area contributed by atoms with Gasteiger partial charge in [0.1, 0.15) is 6.33 Å². The molecule has 0 saturated carbocycles. The van der Waals surface area contributed by atoms with Crippen LogP contribution in [0.2, 0.25) is 0 Å². The molecule has 0 amide bonds. The quantitative estimate of drug-likeness (QED) is 0.262. The Morgan fingerprint density at radius 1 is 0.838 bits per heavy atom. The van der Waals surface area contributed by atoms with Crippen molar-refractivity contribution in [2.75, 3.05) is 36.4 Å². The zero-order valence-corrected chi connectivity index (χ0v) is 21.0. The lowest BCUT2D eigenvalue weighted by Crippen LogP contribution is -2.48. The third-order valence-electron chi connectivity index (χ3n) is 6.96. The number of hydrogen-bond acceptors (Lipinski definition) is 7. The van der Waals surface area contributed by atoms with Crippen LogP contribution in [-0.4, -0.2) is 46.0 Å². The molecule has 1 aliphatic rings. The van der Waals surface area contributed by atoms with Crippen molar-refractivity contribution in [3.63, 3.8) is 0 Å². The molecule has 3 aromatic carbocycles. The molecule has 1 aliphatic heterocycles. The first-order chi connectivity index (χ1) is 18.0. The summed E-state index contributed by atoms with van der Waals surface area (Å²) in [7, 11) is 0. The third-order valence-corrected chi connectivity index (χ3v) is 6.96. The molecule has 1 aromatic heterocycles. The van der Waals surface area contributed by atoms with Crippen molar-refractivity contribution < 1.29 is 4.92 Å². The predicted molar refractivity (Wildman–Crippen MR) is 146 cm³/mol. The standard InChI is InChI=1S/C29H30N6O2/c1-21-13-14-25(19-22(21)2)32-28-27(35(36)37)29(31-20-30-28)34-17-15-33(16-18-34)26(23-9-5-3-6-10-23)24-11-7-4-8-12-24/h3-14,19-20,26H,15-18H2,1-2H3,(H,30,31,32). The third kappa shape index (κ3) is 5.29. The summed E-state index contributed by atoms with van der Waals surface area (Å²) in [6.07, 6.45) is 1.40. The number of hydrogen-bond donors (Lipinski definition) is 1. The van der Waals surface area contributed by atoms with Gasteiger partial charge in [-0.15, -0.1) is 0 Å². The largest absolute Gasteiger partial charge is 0.353 e. The van der Waals surface area contributed by atoms with Gasteiger partial charge in [-0.05, 0) is 48.2 Å². The second-order valence-corrected chi connectivity index (χ2v) is 9.32. The maximum absolute atomic E-state index is 12.2. The molecule has 0 aliphatic carbocycles. The zero-order chi connectivity index (χ0) is 25.8. The summed E-state index contributed by atoms with van der Waals surface area (Å²) in [5.41, 5.74) is 5.38. The van der Waals surface area contributed by atoms with Gasteiger partial charge in [0.25, 0.3) is 0 Å². The van der Waals surface area contributed by atoms with Crippen LogP contribution in [0.4, 0.5) is 23.0 Å². The number of benzene rings is 3. The van der Waals surface area contributed by atoms with E-state index in [1.807, 2.05) is 49.1 Å². The minimum atomic E-state index is -0.387. The Labute approximate surface area is 216 Å².